The fraction of sp³-hybridized carbons (Fsp3) is 0.280. The number of hydrogen-bond acceptors (Lipinski definition) is 7. The number of benzene rings is 1. The lowest BCUT2D eigenvalue weighted by Crippen LogP contribution is -2.24. The lowest BCUT2D eigenvalue weighted by atomic mass is 10.1. The summed E-state index contributed by atoms with van der Waals surface area (Å²) < 4.78 is 10.5. The van der Waals surface area contributed by atoms with Crippen LogP contribution in [0.1, 0.15) is 41.1 Å². The number of furan rings is 1. The maximum absolute atomic E-state index is 11.5. The van der Waals surface area contributed by atoms with E-state index < -0.39 is 6.03 Å². The number of ether oxygens (including phenoxy) is 1. The lowest BCUT2D eigenvalue weighted by Gasteiger charge is -2.04. The Hall–Kier alpha value is -4.34. The molecule has 0 bridgehead atoms. The monoisotopic (exact) mass is 479 g/mol. The van der Waals surface area contributed by atoms with Gasteiger partial charge in [-0.05, 0) is 44.5 Å². The van der Waals surface area contributed by atoms with Gasteiger partial charge in [0.2, 0.25) is 5.91 Å². The SMILES string of the molecule is C/C=C(/N)c1cnc2cc(C)oc2c1.CC1NC(=O)NC1=O.COc1ccc2c(c1)C(=O)N(C)C2. The molecule has 1 unspecified atom stereocenters. The Kier molecular flexibility index (Phi) is 7.75. The smallest absolute Gasteiger partial charge is 0.322 e. The van der Waals surface area contributed by atoms with Gasteiger partial charge in [-0.2, -0.15) is 0 Å². The number of fused-ring (bicyclic) bond motifs is 2. The minimum atomic E-state index is -0.400. The number of rotatable bonds is 2. The van der Waals surface area contributed by atoms with Crippen LogP contribution in [0, 0.1) is 6.92 Å². The van der Waals surface area contributed by atoms with Crippen LogP contribution in [0.5, 0.6) is 5.75 Å². The van der Waals surface area contributed by atoms with Gasteiger partial charge < -0.3 is 25.1 Å². The third kappa shape index (κ3) is 5.97. The van der Waals surface area contributed by atoms with Crippen LogP contribution >= 0.6 is 0 Å². The fourth-order valence-electron chi connectivity index (χ4n) is 3.44. The zero-order valence-electron chi connectivity index (χ0n) is 20.3. The fourth-order valence-corrected chi connectivity index (χ4v) is 3.44. The second-order valence-electron chi connectivity index (χ2n) is 8.08. The number of imide groups is 1. The first kappa shape index (κ1) is 25.3. The van der Waals surface area contributed by atoms with Crippen molar-refractivity contribution in [2.24, 2.45) is 5.73 Å². The minimum absolute atomic E-state index is 0.0777. The van der Waals surface area contributed by atoms with E-state index in [1.807, 2.05) is 44.2 Å². The molecule has 35 heavy (non-hydrogen) atoms. The lowest BCUT2D eigenvalue weighted by molar-refractivity contribution is -0.119. The highest BCUT2D eigenvalue weighted by molar-refractivity contribution is 6.03. The molecule has 3 aromatic rings. The Morgan fingerprint density at radius 1 is 1.26 bits per heavy atom. The average Bonchev–Trinajstić information content (AvgIpc) is 3.46. The predicted molar refractivity (Wildman–Crippen MR) is 132 cm³/mol. The van der Waals surface area contributed by atoms with Crippen LogP contribution < -0.4 is 21.1 Å². The summed E-state index contributed by atoms with van der Waals surface area (Å²) in [6, 6.07) is 8.67. The molecule has 4 N–H and O–H groups in total. The van der Waals surface area contributed by atoms with E-state index in [-0.39, 0.29) is 17.9 Å². The van der Waals surface area contributed by atoms with Crippen molar-refractivity contribution in [1.82, 2.24) is 20.5 Å². The molecule has 0 saturated carbocycles. The molecule has 184 valence electrons. The van der Waals surface area contributed by atoms with Crippen molar-refractivity contribution in [2.45, 2.75) is 33.4 Å². The zero-order chi connectivity index (χ0) is 25.7. The quantitative estimate of drug-likeness (QED) is 0.480. The molecule has 2 aliphatic rings. The summed E-state index contributed by atoms with van der Waals surface area (Å²) in [4.78, 5) is 38.1. The normalized spacial score (nSPS) is 16.6. The molecular formula is C25H29N5O5. The van der Waals surface area contributed by atoms with E-state index in [0.717, 1.165) is 39.3 Å². The van der Waals surface area contributed by atoms with Crippen molar-refractivity contribution in [3.63, 3.8) is 0 Å². The maximum Gasteiger partial charge on any atom is 0.322 e. The topological polar surface area (TPSA) is 140 Å². The molecule has 0 aliphatic carbocycles. The number of allylic oxidation sites excluding steroid dienone is 1. The van der Waals surface area contributed by atoms with Crippen molar-refractivity contribution in [2.75, 3.05) is 14.2 Å². The van der Waals surface area contributed by atoms with Gasteiger partial charge in [-0.25, -0.2) is 4.79 Å². The molecule has 10 nitrogen and oxygen atoms in total. The van der Waals surface area contributed by atoms with Crippen LogP contribution in [0.2, 0.25) is 0 Å². The van der Waals surface area contributed by atoms with E-state index in [1.54, 1.807) is 38.2 Å². The Morgan fingerprint density at radius 2 is 2.00 bits per heavy atom. The van der Waals surface area contributed by atoms with Crippen molar-refractivity contribution >= 4 is 34.6 Å². The van der Waals surface area contributed by atoms with Gasteiger partial charge in [0.1, 0.15) is 23.1 Å². The molecule has 1 fully saturated rings. The first-order valence-corrected chi connectivity index (χ1v) is 10.9. The van der Waals surface area contributed by atoms with Gasteiger partial charge in [0.15, 0.2) is 5.58 Å². The third-order valence-corrected chi connectivity index (χ3v) is 5.42. The molecule has 0 radical (unpaired) electrons. The first-order chi connectivity index (χ1) is 16.6. The molecule has 4 heterocycles. The number of nitrogens with two attached hydrogens (primary N) is 1. The summed E-state index contributed by atoms with van der Waals surface area (Å²) in [6.07, 6.45) is 3.60. The highest BCUT2D eigenvalue weighted by Gasteiger charge is 2.25. The van der Waals surface area contributed by atoms with Gasteiger partial charge in [-0.1, -0.05) is 12.1 Å². The number of aromatic nitrogens is 1. The number of aryl methyl sites for hydroxylation is 1. The first-order valence-electron chi connectivity index (χ1n) is 10.9. The van der Waals surface area contributed by atoms with Crippen LogP contribution in [-0.2, 0) is 11.3 Å². The Morgan fingerprint density at radius 3 is 2.57 bits per heavy atom. The van der Waals surface area contributed by atoms with Crippen LogP contribution in [0.15, 0.2) is 47.0 Å². The number of urea groups is 1. The Labute approximate surface area is 203 Å². The summed E-state index contributed by atoms with van der Waals surface area (Å²) in [5, 5.41) is 4.44. The molecule has 2 aromatic heterocycles. The van der Waals surface area contributed by atoms with Crippen LogP contribution in [-0.4, -0.2) is 47.9 Å². The predicted octanol–water partition coefficient (Wildman–Crippen LogP) is 2.95. The summed E-state index contributed by atoms with van der Waals surface area (Å²) >= 11 is 0. The largest absolute Gasteiger partial charge is 0.497 e. The van der Waals surface area contributed by atoms with Gasteiger partial charge in [-0.15, -0.1) is 0 Å². The highest BCUT2D eigenvalue weighted by Crippen LogP contribution is 2.25. The number of hydrogen-bond donors (Lipinski definition) is 3. The van der Waals surface area contributed by atoms with E-state index in [1.165, 1.54) is 0 Å². The Balaban J connectivity index is 0.000000152. The number of carbonyl (C=O) groups excluding carboxylic acids is 3. The van der Waals surface area contributed by atoms with Gasteiger partial charge in [0.25, 0.3) is 5.91 Å². The van der Waals surface area contributed by atoms with Crippen LogP contribution in [0.25, 0.3) is 16.8 Å². The number of nitrogens with zero attached hydrogens (tertiary/aromatic N) is 2. The second-order valence-corrected chi connectivity index (χ2v) is 8.08. The molecule has 1 saturated heterocycles. The molecule has 10 heteroatoms. The van der Waals surface area contributed by atoms with Gasteiger partial charge in [-0.3, -0.25) is 19.9 Å². The number of carbonyl (C=O) groups is 3. The standard InChI is InChI=1S/C11H12N2O.C10H11NO2.C4H6N2O2/c1-3-9(12)8-5-11-10(13-6-8)4-7(2)14-11;1-11-6-7-3-4-8(13-2)5-9(7)10(11)12;1-2-3(7)6-4(8)5-2/h3-6H,12H2,1-2H3;3-5H,6H2,1-2H3;2H,1H3,(H2,5,6,7,8)/b9-3+;;. The molecular weight excluding hydrogens is 450 g/mol. The molecule has 1 atom stereocenters. The van der Waals surface area contributed by atoms with Gasteiger partial charge in [0.05, 0.1) is 7.11 Å². The molecule has 5 rings (SSSR count). The van der Waals surface area contributed by atoms with Crippen LogP contribution in [0.3, 0.4) is 0 Å². The van der Waals surface area contributed by atoms with Crippen molar-refractivity contribution in [3.8, 4) is 5.75 Å². The van der Waals surface area contributed by atoms with Crippen molar-refractivity contribution in [1.29, 1.82) is 0 Å². The maximum atomic E-state index is 11.5. The molecule has 2 aliphatic heterocycles. The molecule has 0 spiro atoms. The average molecular weight is 480 g/mol. The van der Waals surface area contributed by atoms with E-state index in [0.29, 0.717) is 12.2 Å². The number of nitrogens with one attached hydrogen (secondary N) is 2. The Bertz CT molecular complexity index is 1300. The highest BCUT2D eigenvalue weighted by atomic mass is 16.5. The molecule has 4 amide bonds. The second kappa shape index (κ2) is 10.7. The third-order valence-electron chi connectivity index (χ3n) is 5.42. The van der Waals surface area contributed by atoms with Crippen molar-refractivity contribution in [3.05, 3.63) is 65.1 Å². The summed E-state index contributed by atoms with van der Waals surface area (Å²) in [6.45, 7) is 6.13. The van der Waals surface area contributed by atoms with Gasteiger partial charge >= 0.3 is 6.03 Å². The summed E-state index contributed by atoms with van der Waals surface area (Å²) in [5.74, 6) is 1.43. The van der Waals surface area contributed by atoms with Gasteiger partial charge in [0, 0.05) is 42.7 Å². The summed E-state index contributed by atoms with van der Waals surface area (Å²) in [5.41, 5.74) is 10.9. The van der Waals surface area contributed by atoms with Crippen molar-refractivity contribution < 1.29 is 23.5 Å². The van der Waals surface area contributed by atoms with E-state index in [2.05, 4.69) is 15.6 Å². The molecule has 1 aromatic carbocycles. The van der Waals surface area contributed by atoms with E-state index >= 15 is 0 Å². The van der Waals surface area contributed by atoms with E-state index in [4.69, 9.17) is 14.9 Å². The van der Waals surface area contributed by atoms with Crippen LogP contribution in [0.4, 0.5) is 4.79 Å². The number of pyridine rings is 1. The number of amides is 4. The summed E-state index contributed by atoms with van der Waals surface area (Å²) in [7, 11) is 3.40. The van der Waals surface area contributed by atoms with E-state index in [9.17, 15) is 14.4 Å². The minimum Gasteiger partial charge on any atom is -0.497 e. The number of methoxy groups -OCH3 is 1. The zero-order valence-corrected chi connectivity index (χ0v) is 20.3.